The average molecular weight is 583 g/mol. The fraction of sp³-hybridized carbons (Fsp3) is 0.871. The number of hydrogen-bond acceptors (Lipinski definition) is 7. The number of methoxy groups -OCH3 is 1. The Morgan fingerprint density at radius 2 is 1.71 bits per heavy atom. The smallest absolute Gasteiger partial charge is 0.254 e. The summed E-state index contributed by atoms with van der Waals surface area (Å²) in [6.07, 6.45) is 6.93. The number of carbonyl (C=O) groups is 1. The van der Waals surface area contributed by atoms with Gasteiger partial charge in [0.1, 0.15) is 6.61 Å². The van der Waals surface area contributed by atoms with Crippen LogP contribution in [-0.4, -0.2) is 78.9 Å². The van der Waals surface area contributed by atoms with Crippen LogP contribution in [0.3, 0.4) is 0 Å². The van der Waals surface area contributed by atoms with E-state index in [9.17, 15) is 9.90 Å². The van der Waals surface area contributed by atoms with Crippen LogP contribution in [0.2, 0.25) is 0 Å². The predicted molar refractivity (Wildman–Crippen MR) is 148 cm³/mol. The monoisotopic (exact) mass is 582 g/mol. The molecule has 0 aromatic carbocycles. The molecule has 232 valence electrons. The number of nitrogens with zero attached hydrogens (tertiary/aromatic N) is 2. The van der Waals surface area contributed by atoms with Crippen molar-refractivity contribution in [2.24, 2.45) is 40.9 Å². The standard InChI is InChI=1S/C31H48F2N2O6/c1-29(37)10-8-22-21(18-29)4-5-23-24(22)19-31(32,33)30(2)25(23)6-7-26(30)27(36)20-35-11-9-28(34-35)41-17-16-40-15-14-39-13-12-38-3/h9,11,21-26,37H,4-8,10,12-20H2,1-3H3/t21-,22+,23?,24-,25+,26-,29-,30+/m1/s1. The lowest BCUT2D eigenvalue weighted by Crippen LogP contribution is -2.59. The number of carbonyl (C=O) groups excluding carboxylic acids is 1. The van der Waals surface area contributed by atoms with Crippen LogP contribution in [0.15, 0.2) is 12.3 Å². The minimum Gasteiger partial charge on any atom is -0.474 e. The van der Waals surface area contributed by atoms with Crippen LogP contribution < -0.4 is 4.74 Å². The second-order valence-corrected chi connectivity index (χ2v) is 13.4. The highest BCUT2D eigenvalue weighted by molar-refractivity contribution is 5.82. The topological polar surface area (TPSA) is 92.0 Å². The molecule has 0 amide bonds. The van der Waals surface area contributed by atoms with E-state index in [1.165, 1.54) is 4.68 Å². The van der Waals surface area contributed by atoms with Crippen molar-refractivity contribution in [1.29, 1.82) is 0 Å². The Labute approximate surface area is 242 Å². The number of ether oxygens (including phenoxy) is 4. The van der Waals surface area contributed by atoms with Crippen molar-refractivity contribution in [2.45, 2.75) is 83.3 Å². The van der Waals surface area contributed by atoms with Crippen molar-refractivity contribution in [2.75, 3.05) is 46.8 Å². The largest absolute Gasteiger partial charge is 0.474 e. The minimum atomic E-state index is -2.90. The van der Waals surface area contributed by atoms with Crippen LogP contribution >= 0.6 is 0 Å². The molecule has 0 radical (unpaired) electrons. The van der Waals surface area contributed by atoms with Crippen LogP contribution in [0.25, 0.3) is 0 Å². The van der Waals surface area contributed by atoms with Gasteiger partial charge >= 0.3 is 0 Å². The lowest BCUT2D eigenvalue weighted by atomic mass is 9.47. The summed E-state index contributed by atoms with van der Waals surface area (Å²) in [6, 6.07) is 1.68. The second-order valence-electron chi connectivity index (χ2n) is 13.4. The minimum absolute atomic E-state index is 0.00948. The van der Waals surface area contributed by atoms with E-state index < -0.39 is 22.9 Å². The number of aromatic nitrogens is 2. The number of rotatable bonds is 13. The third kappa shape index (κ3) is 6.36. The Bertz CT molecular complexity index is 1030. The summed E-state index contributed by atoms with van der Waals surface area (Å²) >= 11 is 0. The lowest BCUT2D eigenvalue weighted by molar-refractivity contribution is -0.228. The van der Waals surface area contributed by atoms with E-state index in [2.05, 4.69) is 5.10 Å². The number of aliphatic hydroxyl groups is 1. The quantitative estimate of drug-likeness (QED) is 0.335. The Hall–Kier alpha value is -1.62. The van der Waals surface area contributed by atoms with Crippen molar-refractivity contribution >= 4 is 5.78 Å². The van der Waals surface area contributed by atoms with Gasteiger partial charge in [0, 0.05) is 37.1 Å². The summed E-state index contributed by atoms with van der Waals surface area (Å²) in [5.74, 6) is -2.68. The first-order valence-electron chi connectivity index (χ1n) is 15.5. The van der Waals surface area contributed by atoms with E-state index in [-0.39, 0.29) is 42.4 Å². The third-order valence-corrected chi connectivity index (χ3v) is 11.0. The van der Waals surface area contributed by atoms with Gasteiger partial charge in [-0.15, -0.1) is 5.10 Å². The molecule has 0 saturated heterocycles. The molecular weight excluding hydrogens is 534 g/mol. The normalized spacial score (nSPS) is 37.7. The molecule has 1 aromatic heterocycles. The molecule has 8 atom stereocenters. The van der Waals surface area contributed by atoms with Gasteiger partial charge in [-0.3, -0.25) is 9.48 Å². The Kier molecular flexibility index (Phi) is 9.43. The number of fused-ring (bicyclic) bond motifs is 5. The molecule has 4 fully saturated rings. The van der Waals surface area contributed by atoms with Crippen LogP contribution in [0.1, 0.15) is 65.2 Å². The molecule has 1 heterocycles. The Morgan fingerprint density at radius 3 is 2.46 bits per heavy atom. The van der Waals surface area contributed by atoms with Gasteiger partial charge in [-0.25, -0.2) is 8.78 Å². The Balaban J connectivity index is 1.14. The first-order chi connectivity index (χ1) is 19.6. The van der Waals surface area contributed by atoms with E-state index in [1.54, 1.807) is 26.3 Å². The SMILES string of the molecule is COCCOCCOCCOc1ccn(CC(=O)[C@H]2CC[C@H]3C4CC[C@@H]5C[C@](C)(O)CC[C@@H]5[C@H]4CC(F)(F)[C@]23C)n1. The molecule has 5 rings (SSSR count). The predicted octanol–water partition coefficient (Wildman–Crippen LogP) is 4.78. The van der Waals surface area contributed by atoms with Gasteiger partial charge in [-0.1, -0.05) is 6.92 Å². The van der Waals surface area contributed by atoms with Gasteiger partial charge in [-0.05, 0) is 81.5 Å². The molecule has 10 heteroatoms. The van der Waals surface area contributed by atoms with Gasteiger partial charge < -0.3 is 24.1 Å². The second kappa shape index (κ2) is 12.5. The number of halogens is 2. The van der Waals surface area contributed by atoms with Gasteiger partial charge in [-0.2, -0.15) is 0 Å². The lowest BCUT2D eigenvalue weighted by Gasteiger charge is -2.59. The van der Waals surface area contributed by atoms with Crippen LogP contribution in [0.5, 0.6) is 5.88 Å². The maximum absolute atomic E-state index is 16.2. The maximum atomic E-state index is 16.2. The molecule has 4 aliphatic carbocycles. The van der Waals surface area contributed by atoms with Crippen LogP contribution in [-0.2, 0) is 25.5 Å². The number of alkyl halides is 2. The van der Waals surface area contributed by atoms with Gasteiger partial charge in [0.15, 0.2) is 5.78 Å². The molecule has 4 aliphatic rings. The Morgan fingerprint density at radius 1 is 0.976 bits per heavy atom. The molecule has 1 unspecified atom stereocenters. The first kappa shape index (κ1) is 30.8. The summed E-state index contributed by atoms with van der Waals surface area (Å²) in [7, 11) is 1.62. The fourth-order valence-electron chi connectivity index (χ4n) is 9.00. The summed E-state index contributed by atoms with van der Waals surface area (Å²) < 4.78 is 55.3. The molecule has 1 aromatic rings. The highest BCUT2D eigenvalue weighted by atomic mass is 19.3. The molecule has 41 heavy (non-hydrogen) atoms. The fourth-order valence-corrected chi connectivity index (χ4v) is 9.00. The van der Waals surface area contributed by atoms with E-state index >= 15 is 8.78 Å². The van der Waals surface area contributed by atoms with Crippen LogP contribution in [0.4, 0.5) is 8.78 Å². The number of ketones is 1. The summed E-state index contributed by atoms with van der Waals surface area (Å²) in [5.41, 5.74) is -2.00. The highest BCUT2D eigenvalue weighted by Gasteiger charge is 2.70. The van der Waals surface area contributed by atoms with Crippen molar-refractivity contribution in [3.05, 3.63) is 12.3 Å². The van der Waals surface area contributed by atoms with E-state index in [1.807, 2.05) is 6.92 Å². The van der Waals surface area contributed by atoms with Crippen molar-refractivity contribution in [3.63, 3.8) is 0 Å². The summed E-state index contributed by atoms with van der Waals surface area (Å²) in [4.78, 5) is 13.6. The molecule has 0 bridgehead atoms. The zero-order valence-corrected chi connectivity index (χ0v) is 24.9. The number of hydrogen-bond donors (Lipinski definition) is 1. The summed E-state index contributed by atoms with van der Waals surface area (Å²) in [6.45, 7) is 6.24. The van der Waals surface area contributed by atoms with E-state index in [0.29, 0.717) is 70.7 Å². The van der Waals surface area contributed by atoms with E-state index in [0.717, 1.165) is 25.7 Å². The maximum Gasteiger partial charge on any atom is 0.254 e. The average Bonchev–Trinajstić information content (AvgIpc) is 3.51. The van der Waals surface area contributed by atoms with Crippen molar-refractivity contribution in [1.82, 2.24) is 9.78 Å². The van der Waals surface area contributed by atoms with Gasteiger partial charge in [0.05, 0.1) is 45.2 Å². The van der Waals surface area contributed by atoms with Crippen LogP contribution in [0, 0.1) is 40.9 Å². The summed E-state index contributed by atoms with van der Waals surface area (Å²) in [5, 5.41) is 15.0. The van der Waals surface area contributed by atoms with Crippen molar-refractivity contribution < 1.29 is 37.6 Å². The zero-order chi connectivity index (χ0) is 29.3. The van der Waals surface area contributed by atoms with Crippen molar-refractivity contribution in [3.8, 4) is 5.88 Å². The molecule has 8 nitrogen and oxygen atoms in total. The number of Topliss-reactive ketones (excluding diaryl/α,β-unsaturated/α-hetero) is 1. The molecular formula is C31H48F2N2O6. The third-order valence-electron chi connectivity index (χ3n) is 11.0. The molecule has 4 saturated carbocycles. The van der Waals surface area contributed by atoms with E-state index in [4.69, 9.17) is 18.9 Å². The highest BCUT2D eigenvalue weighted by Crippen LogP contribution is 2.69. The molecule has 1 N–H and O–H groups in total. The first-order valence-corrected chi connectivity index (χ1v) is 15.5. The van der Waals surface area contributed by atoms with Gasteiger partial charge in [0.2, 0.25) is 5.88 Å². The molecule has 0 aliphatic heterocycles. The molecule has 0 spiro atoms. The van der Waals surface area contributed by atoms with Gasteiger partial charge in [0.25, 0.3) is 5.92 Å². The zero-order valence-electron chi connectivity index (χ0n) is 24.9.